The molecule has 0 spiro atoms. The van der Waals surface area contributed by atoms with Crippen molar-refractivity contribution in [2.24, 2.45) is 0 Å². The van der Waals surface area contributed by atoms with Gasteiger partial charge < -0.3 is 9.84 Å². The molecule has 9 heteroatoms. The largest absolute Gasteiger partial charge is 0.478 e. The van der Waals surface area contributed by atoms with E-state index in [1.54, 1.807) is 31.2 Å². The summed E-state index contributed by atoms with van der Waals surface area (Å²) in [7, 11) is -4.31. The molecule has 0 fully saturated rings. The number of sulfonamides is 1. The molecular weight excluding hydrogens is 428 g/mol. The van der Waals surface area contributed by atoms with Crippen LogP contribution in [0.4, 0.5) is 8.78 Å². The van der Waals surface area contributed by atoms with Crippen LogP contribution in [0.2, 0.25) is 0 Å². The summed E-state index contributed by atoms with van der Waals surface area (Å²) in [5, 5.41) is 9.13. The molecule has 0 bridgehead atoms. The molecule has 31 heavy (non-hydrogen) atoms. The first-order chi connectivity index (χ1) is 14.5. The van der Waals surface area contributed by atoms with Crippen LogP contribution >= 0.6 is 0 Å². The van der Waals surface area contributed by atoms with Crippen LogP contribution in [0.3, 0.4) is 0 Å². The zero-order valence-electron chi connectivity index (χ0n) is 17.8. The number of aliphatic carboxylic acids is 1. The Labute approximate surface area is 181 Å². The molecule has 0 saturated carbocycles. The van der Waals surface area contributed by atoms with E-state index < -0.39 is 38.1 Å². The summed E-state index contributed by atoms with van der Waals surface area (Å²) in [6.07, 6.45) is 1.47. The Morgan fingerprint density at radius 1 is 1.06 bits per heavy atom. The van der Waals surface area contributed by atoms with Crippen LogP contribution in [0.1, 0.15) is 39.2 Å². The van der Waals surface area contributed by atoms with Crippen LogP contribution < -0.4 is 4.74 Å². The predicted octanol–water partition coefficient (Wildman–Crippen LogP) is 4.24. The van der Waals surface area contributed by atoms with Crippen LogP contribution in [0, 0.1) is 11.6 Å². The summed E-state index contributed by atoms with van der Waals surface area (Å²) in [5.41, 5.74) is -0.468. The third-order valence-electron chi connectivity index (χ3n) is 4.67. The third-order valence-corrected chi connectivity index (χ3v) is 6.63. The molecule has 2 aromatic rings. The molecule has 0 aromatic heterocycles. The quantitative estimate of drug-likeness (QED) is 0.548. The number of nitrogens with zero attached hydrogens (tertiary/aromatic N) is 1. The smallest absolute Gasteiger partial charge is 0.347 e. The fourth-order valence-electron chi connectivity index (χ4n) is 2.98. The van der Waals surface area contributed by atoms with Crippen molar-refractivity contribution in [3.63, 3.8) is 0 Å². The second-order valence-electron chi connectivity index (χ2n) is 7.62. The number of carboxylic acid groups (broad SMARTS) is 1. The summed E-state index contributed by atoms with van der Waals surface area (Å²) >= 11 is 0. The summed E-state index contributed by atoms with van der Waals surface area (Å²) in [4.78, 5) is 10.2. The summed E-state index contributed by atoms with van der Waals surface area (Å²) in [5.74, 6) is -2.90. The Balaban J connectivity index is 2.05. The SMILES string of the molecule is CCCN(CCCc1ccc(OC(C)(C)C(=O)O)cc1)S(=O)(=O)c1c(F)cccc1F. The van der Waals surface area contributed by atoms with Crippen molar-refractivity contribution in [2.75, 3.05) is 13.1 Å². The zero-order chi connectivity index (χ0) is 23.2. The van der Waals surface area contributed by atoms with Gasteiger partial charge in [0.2, 0.25) is 10.0 Å². The lowest BCUT2D eigenvalue weighted by Crippen LogP contribution is -2.37. The van der Waals surface area contributed by atoms with Crippen molar-refractivity contribution < 1.29 is 31.8 Å². The molecule has 0 saturated heterocycles. The summed E-state index contributed by atoms with van der Waals surface area (Å²) in [6.45, 7) is 4.94. The third kappa shape index (κ3) is 6.24. The number of ether oxygens (including phenoxy) is 1. The van der Waals surface area contributed by atoms with E-state index >= 15 is 0 Å². The van der Waals surface area contributed by atoms with E-state index in [9.17, 15) is 22.0 Å². The Bertz CT molecular complexity index is 987. The Kier molecular flexibility index (Phi) is 8.14. The first-order valence-electron chi connectivity index (χ1n) is 9.94. The minimum absolute atomic E-state index is 0.105. The molecule has 0 atom stereocenters. The number of carbonyl (C=O) groups is 1. The highest BCUT2D eigenvalue weighted by Gasteiger charge is 2.30. The summed E-state index contributed by atoms with van der Waals surface area (Å²) in [6, 6.07) is 9.80. The van der Waals surface area contributed by atoms with Gasteiger partial charge >= 0.3 is 5.97 Å². The standard InChI is InChI=1S/C22H27F2NO5S/c1-4-14-25(31(28,29)20-18(23)8-5-9-19(20)24)15-6-7-16-10-12-17(13-11-16)30-22(2,3)21(26)27/h5,8-13H,4,6-7,14-15H2,1-3H3,(H,26,27). The number of hydrogen-bond donors (Lipinski definition) is 1. The van der Waals surface area contributed by atoms with Gasteiger partial charge in [-0.2, -0.15) is 4.31 Å². The maximum atomic E-state index is 14.0. The van der Waals surface area contributed by atoms with Gasteiger partial charge in [0.25, 0.3) is 0 Å². The average molecular weight is 456 g/mol. The first kappa shape index (κ1) is 24.7. The van der Waals surface area contributed by atoms with Gasteiger partial charge in [-0.05, 0) is 62.9 Å². The van der Waals surface area contributed by atoms with Crippen molar-refractivity contribution in [1.29, 1.82) is 0 Å². The van der Waals surface area contributed by atoms with Crippen molar-refractivity contribution in [3.8, 4) is 5.75 Å². The monoisotopic (exact) mass is 455 g/mol. The molecule has 0 aliphatic heterocycles. The van der Waals surface area contributed by atoms with Crippen LogP contribution in [0.15, 0.2) is 47.4 Å². The maximum Gasteiger partial charge on any atom is 0.347 e. The molecule has 0 radical (unpaired) electrons. The number of carboxylic acids is 1. The van der Waals surface area contributed by atoms with Gasteiger partial charge in [0, 0.05) is 13.1 Å². The van der Waals surface area contributed by atoms with Crippen LogP contribution in [0.25, 0.3) is 0 Å². The van der Waals surface area contributed by atoms with E-state index in [0.29, 0.717) is 25.0 Å². The van der Waals surface area contributed by atoms with E-state index in [2.05, 4.69) is 0 Å². The van der Waals surface area contributed by atoms with E-state index in [4.69, 9.17) is 9.84 Å². The fourth-order valence-corrected chi connectivity index (χ4v) is 4.66. The van der Waals surface area contributed by atoms with Crippen molar-refractivity contribution in [1.82, 2.24) is 4.31 Å². The second kappa shape index (κ2) is 10.2. The molecule has 170 valence electrons. The minimum atomic E-state index is -4.31. The molecule has 2 aromatic carbocycles. The van der Waals surface area contributed by atoms with Crippen LogP contribution in [0.5, 0.6) is 5.75 Å². The van der Waals surface area contributed by atoms with E-state index in [0.717, 1.165) is 28.1 Å². The van der Waals surface area contributed by atoms with E-state index in [1.807, 2.05) is 0 Å². The number of rotatable bonds is 11. The van der Waals surface area contributed by atoms with Crippen molar-refractivity contribution in [3.05, 3.63) is 59.7 Å². The molecule has 0 aliphatic rings. The highest BCUT2D eigenvalue weighted by atomic mass is 32.2. The summed E-state index contributed by atoms with van der Waals surface area (Å²) < 4.78 is 60.3. The lowest BCUT2D eigenvalue weighted by atomic mass is 10.1. The van der Waals surface area contributed by atoms with Gasteiger partial charge in [-0.3, -0.25) is 0 Å². The minimum Gasteiger partial charge on any atom is -0.478 e. The lowest BCUT2D eigenvalue weighted by Gasteiger charge is -2.22. The van der Waals surface area contributed by atoms with Gasteiger partial charge in [0.05, 0.1) is 0 Å². The Morgan fingerprint density at radius 3 is 2.16 bits per heavy atom. The highest BCUT2D eigenvalue weighted by Crippen LogP contribution is 2.24. The maximum absolute atomic E-state index is 14.0. The number of hydrogen-bond acceptors (Lipinski definition) is 4. The van der Waals surface area contributed by atoms with Gasteiger partial charge in [-0.1, -0.05) is 25.1 Å². The van der Waals surface area contributed by atoms with Gasteiger partial charge in [0.15, 0.2) is 10.5 Å². The lowest BCUT2D eigenvalue weighted by molar-refractivity contribution is -0.152. The number of benzene rings is 2. The molecule has 1 N–H and O–H groups in total. The molecule has 0 heterocycles. The molecular formula is C22H27F2NO5S. The number of aryl methyl sites for hydroxylation is 1. The predicted molar refractivity (Wildman–Crippen MR) is 113 cm³/mol. The molecule has 0 unspecified atom stereocenters. The number of halogens is 2. The normalized spacial score (nSPS) is 12.2. The molecule has 0 amide bonds. The van der Waals surface area contributed by atoms with Crippen molar-refractivity contribution >= 4 is 16.0 Å². The first-order valence-corrected chi connectivity index (χ1v) is 11.4. The Morgan fingerprint density at radius 2 is 1.65 bits per heavy atom. The van der Waals surface area contributed by atoms with Crippen LogP contribution in [-0.2, 0) is 21.2 Å². The fraction of sp³-hybridized carbons (Fsp3) is 0.409. The van der Waals surface area contributed by atoms with Gasteiger partial charge in [0.1, 0.15) is 17.4 Å². The molecule has 6 nitrogen and oxygen atoms in total. The zero-order valence-corrected chi connectivity index (χ0v) is 18.6. The Hall–Kier alpha value is -2.52. The van der Waals surface area contributed by atoms with Crippen molar-refractivity contribution in [2.45, 2.75) is 50.5 Å². The van der Waals surface area contributed by atoms with Gasteiger partial charge in [-0.15, -0.1) is 0 Å². The molecule has 2 rings (SSSR count). The van der Waals surface area contributed by atoms with Crippen LogP contribution in [-0.4, -0.2) is 42.5 Å². The highest BCUT2D eigenvalue weighted by molar-refractivity contribution is 7.89. The topological polar surface area (TPSA) is 83.9 Å². The second-order valence-corrected chi connectivity index (χ2v) is 9.49. The average Bonchev–Trinajstić information content (AvgIpc) is 2.68. The molecule has 0 aliphatic carbocycles. The van der Waals surface area contributed by atoms with E-state index in [-0.39, 0.29) is 13.1 Å². The van der Waals surface area contributed by atoms with E-state index in [1.165, 1.54) is 13.8 Å². The van der Waals surface area contributed by atoms with Gasteiger partial charge in [-0.25, -0.2) is 22.0 Å².